The van der Waals surface area contributed by atoms with Gasteiger partial charge < -0.3 is 0 Å². The Morgan fingerprint density at radius 1 is 0.735 bits per heavy atom. The maximum Gasteiger partial charge on any atom is 0.286 e. The molecule has 34 heavy (non-hydrogen) atoms. The summed E-state index contributed by atoms with van der Waals surface area (Å²) in [7, 11) is 0. The SMILES string of the molecule is O=C(NN1C(=O)/C(=C2\SC(=S)N(NC(=O)c3cccc(Cl)c3)C2=O)SC1=S)c1cccc(Cl)c1. The predicted octanol–water partition coefficient (Wildman–Crippen LogP) is 3.92. The van der Waals surface area contributed by atoms with E-state index in [9.17, 15) is 19.2 Å². The van der Waals surface area contributed by atoms with E-state index < -0.39 is 23.6 Å². The van der Waals surface area contributed by atoms with E-state index in [1.165, 1.54) is 24.3 Å². The first-order valence-corrected chi connectivity index (χ1v) is 12.4. The molecule has 0 atom stereocenters. The van der Waals surface area contributed by atoms with Crippen LogP contribution in [0.1, 0.15) is 20.7 Å². The lowest BCUT2D eigenvalue weighted by atomic mass is 10.2. The molecule has 0 unspecified atom stereocenters. The Morgan fingerprint density at radius 2 is 1.12 bits per heavy atom. The first-order valence-electron chi connectivity index (χ1n) is 9.15. The number of rotatable bonds is 4. The fourth-order valence-electron chi connectivity index (χ4n) is 2.79. The number of nitrogens with one attached hydrogen (secondary N) is 2. The maximum absolute atomic E-state index is 13.0. The van der Waals surface area contributed by atoms with Gasteiger partial charge in [0, 0.05) is 21.2 Å². The number of carbonyl (C=O) groups excluding carboxylic acids is 4. The van der Waals surface area contributed by atoms with Crippen LogP contribution in [0, 0.1) is 0 Å². The zero-order valence-corrected chi connectivity index (χ0v) is 21.3. The molecule has 2 saturated heterocycles. The summed E-state index contributed by atoms with van der Waals surface area (Å²) in [5.41, 5.74) is 5.26. The van der Waals surface area contributed by atoms with Crippen molar-refractivity contribution in [3.8, 4) is 0 Å². The molecular weight excluding hydrogens is 559 g/mol. The topological polar surface area (TPSA) is 98.8 Å². The average molecular weight is 569 g/mol. The normalized spacial score (nSPS) is 18.1. The van der Waals surface area contributed by atoms with Crippen LogP contribution in [0.3, 0.4) is 0 Å². The van der Waals surface area contributed by atoms with Gasteiger partial charge in [-0.3, -0.25) is 30.0 Å². The van der Waals surface area contributed by atoms with E-state index in [-0.39, 0.29) is 29.6 Å². The molecule has 2 aromatic carbocycles. The summed E-state index contributed by atoms with van der Waals surface area (Å²) in [6, 6.07) is 12.3. The van der Waals surface area contributed by atoms with Gasteiger partial charge in [0.15, 0.2) is 8.64 Å². The average Bonchev–Trinajstić information content (AvgIpc) is 3.23. The molecule has 0 spiro atoms. The lowest BCUT2D eigenvalue weighted by molar-refractivity contribution is -0.126. The molecule has 4 amide bonds. The molecule has 2 aliphatic heterocycles. The zero-order valence-electron chi connectivity index (χ0n) is 16.5. The van der Waals surface area contributed by atoms with Crippen molar-refractivity contribution in [2.24, 2.45) is 0 Å². The van der Waals surface area contributed by atoms with Gasteiger partial charge in [-0.25, -0.2) is 0 Å². The second-order valence-corrected chi connectivity index (χ2v) is 10.7. The van der Waals surface area contributed by atoms with Gasteiger partial charge in [-0.15, -0.1) is 0 Å². The number of halogens is 2. The number of hydrogen-bond acceptors (Lipinski definition) is 8. The van der Waals surface area contributed by atoms with Gasteiger partial charge in [-0.1, -0.05) is 58.9 Å². The smallest absolute Gasteiger partial charge is 0.267 e. The number of hydrogen-bond donors (Lipinski definition) is 2. The fraction of sp³-hybridized carbons (Fsp3) is 0. The monoisotopic (exact) mass is 568 g/mol. The van der Waals surface area contributed by atoms with Crippen LogP contribution < -0.4 is 10.9 Å². The summed E-state index contributed by atoms with van der Waals surface area (Å²) >= 11 is 23.9. The van der Waals surface area contributed by atoms with Crippen molar-refractivity contribution in [3.63, 3.8) is 0 Å². The Balaban J connectivity index is 1.52. The molecule has 172 valence electrons. The number of benzene rings is 2. The van der Waals surface area contributed by atoms with Crippen molar-refractivity contribution >= 4 is 103 Å². The highest BCUT2D eigenvalue weighted by Gasteiger charge is 2.43. The van der Waals surface area contributed by atoms with Gasteiger partial charge in [0.05, 0.1) is 0 Å². The highest BCUT2D eigenvalue weighted by Crippen LogP contribution is 2.41. The summed E-state index contributed by atoms with van der Waals surface area (Å²) in [6.45, 7) is 0. The Labute approximate surface area is 221 Å². The van der Waals surface area contributed by atoms with Crippen molar-refractivity contribution < 1.29 is 19.2 Å². The quantitative estimate of drug-likeness (QED) is 0.423. The predicted molar refractivity (Wildman–Crippen MR) is 139 cm³/mol. The third-order valence-corrected chi connectivity index (χ3v) is 7.69. The van der Waals surface area contributed by atoms with Crippen LogP contribution in [-0.4, -0.2) is 42.3 Å². The number of thioether (sulfide) groups is 2. The lowest BCUT2D eigenvalue weighted by Crippen LogP contribution is -2.45. The van der Waals surface area contributed by atoms with E-state index in [4.69, 9.17) is 47.6 Å². The van der Waals surface area contributed by atoms with Crippen molar-refractivity contribution in [1.29, 1.82) is 0 Å². The number of amides is 4. The number of hydrazine groups is 2. The van der Waals surface area contributed by atoms with Crippen LogP contribution in [0.5, 0.6) is 0 Å². The molecule has 0 saturated carbocycles. The van der Waals surface area contributed by atoms with Gasteiger partial charge >= 0.3 is 0 Å². The summed E-state index contributed by atoms with van der Waals surface area (Å²) in [5.74, 6) is -2.62. The molecule has 8 nitrogen and oxygen atoms in total. The van der Waals surface area contributed by atoms with Crippen molar-refractivity contribution in [2.45, 2.75) is 0 Å². The third-order valence-electron chi connectivity index (χ3n) is 4.35. The van der Waals surface area contributed by atoms with Crippen LogP contribution in [0.4, 0.5) is 0 Å². The summed E-state index contributed by atoms with van der Waals surface area (Å²) in [6.07, 6.45) is 0. The van der Waals surface area contributed by atoms with E-state index in [0.717, 1.165) is 33.5 Å². The summed E-state index contributed by atoms with van der Waals surface area (Å²) in [4.78, 5) is 50.9. The minimum Gasteiger partial charge on any atom is -0.267 e. The fourth-order valence-corrected chi connectivity index (χ4v) is 5.69. The van der Waals surface area contributed by atoms with E-state index in [0.29, 0.717) is 10.0 Å². The highest BCUT2D eigenvalue weighted by atomic mass is 35.5. The van der Waals surface area contributed by atoms with Crippen LogP contribution >= 0.6 is 71.2 Å². The molecule has 0 aliphatic carbocycles. The summed E-state index contributed by atoms with van der Waals surface area (Å²) in [5, 5.41) is 2.44. The van der Waals surface area contributed by atoms with Crippen molar-refractivity contribution in [2.75, 3.05) is 0 Å². The second-order valence-electron chi connectivity index (χ2n) is 6.58. The molecule has 2 aromatic rings. The maximum atomic E-state index is 13.0. The van der Waals surface area contributed by atoms with Crippen molar-refractivity contribution in [1.82, 2.24) is 20.9 Å². The summed E-state index contributed by atoms with van der Waals surface area (Å²) < 4.78 is 0.0345. The van der Waals surface area contributed by atoms with Gasteiger partial charge in [0.25, 0.3) is 23.6 Å². The lowest BCUT2D eigenvalue weighted by Gasteiger charge is -2.16. The van der Waals surface area contributed by atoms with Gasteiger partial charge in [0.1, 0.15) is 9.81 Å². The number of nitrogens with zero attached hydrogens (tertiary/aromatic N) is 2. The Morgan fingerprint density at radius 3 is 1.47 bits per heavy atom. The van der Waals surface area contributed by atoms with Crippen LogP contribution in [0.25, 0.3) is 0 Å². The molecule has 2 N–H and O–H groups in total. The largest absolute Gasteiger partial charge is 0.286 e. The Bertz CT molecular complexity index is 1230. The molecule has 2 fully saturated rings. The van der Waals surface area contributed by atoms with E-state index in [2.05, 4.69) is 10.9 Å². The van der Waals surface area contributed by atoms with Crippen LogP contribution in [-0.2, 0) is 9.59 Å². The van der Waals surface area contributed by atoms with Gasteiger partial charge in [0.2, 0.25) is 0 Å². The van der Waals surface area contributed by atoms with Gasteiger partial charge in [-0.05, 0) is 60.8 Å². The Kier molecular flexibility index (Phi) is 7.26. The third kappa shape index (κ3) is 4.97. The molecule has 0 aromatic heterocycles. The van der Waals surface area contributed by atoms with Crippen molar-refractivity contribution in [3.05, 3.63) is 79.5 Å². The van der Waals surface area contributed by atoms with E-state index >= 15 is 0 Å². The van der Waals surface area contributed by atoms with Crippen LogP contribution in [0.2, 0.25) is 10.0 Å². The molecule has 0 bridgehead atoms. The first kappa shape index (κ1) is 24.6. The molecule has 14 heteroatoms. The number of thiocarbonyl (C=S) groups is 2. The van der Waals surface area contributed by atoms with Crippen LogP contribution in [0.15, 0.2) is 58.3 Å². The van der Waals surface area contributed by atoms with E-state index in [1.54, 1.807) is 24.3 Å². The van der Waals surface area contributed by atoms with E-state index in [1.807, 2.05) is 0 Å². The highest BCUT2D eigenvalue weighted by molar-refractivity contribution is 8.29. The molecule has 2 aliphatic rings. The standard InChI is InChI=1S/C20H10Cl2N4O4S4/c21-11-5-1-3-9(7-11)15(27)23-25-17(29)13(33-19(25)31)14-18(30)26(20(32)34-14)24-16(28)10-4-2-6-12(22)8-10/h1-8H,(H,23,27)(H,24,28)/b14-13+. The minimum absolute atomic E-state index is 0.0172. The Hall–Kier alpha value is -2.48. The number of carbonyl (C=O) groups is 4. The van der Waals surface area contributed by atoms with Gasteiger partial charge in [-0.2, -0.15) is 10.0 Å². The second kappa shape index (κ2) is 10.0. The molecule has 2 heterocycles. The molecule has 4 rings (SSSR count). The molecular formula is C20H10Cl2N4O4S4. The minimum atomic E-state index is -0.702. The first-order chi connectivity index (χ1) is 16.2. The molecule has 0 radical (unpaired) electrons. The zero-order chi connectivity index (χ0) is 24.6.